The van der Waals surface area contributed by atoms with Crippen molar-refractivity contribution in [3.8, 4) is 5.75 Å². The average molecular weight is 392 g/mol. The van der Waals surface area contributed by atoms with Crippen LogP contribution in [-0.4, -0.2) is 19.2 Å². The lowest BCUT2D eigenvalue weighted by atomic mass is 10.0. The number of ether oxygens (including phenoxy) is 2. The highest BCUT2D eigenvalue weighted by atomic mass is 79.9. The zero-order valence-corrected chi connectivity index (χ0v) is 14.1. The lowest BCUT2D eigenvalue weighted by Crippen LogP contribution is -2.11. The van der Waals surface area contributed by atoms with Crippen molar-refractivity contribution in [2.45, 2.75) is 19.8 Å². The van der Waals surface area contributed by atoms with Gasteiger partial charge in [0.1, 0.15) is 19.0 Å². The Labute approximate surface area is 130 Å². The summed E-state index contributed by atoms with van der Waals surface area (Å²) in [6.45, 7) is 8.03. The maximum Gasteiger partial charge on any atom is 0.330 e. The molecule has 1 aromatic carbocycles. The topological polar surface area (TPSA) is 35.5 Å². The summed E-state index contributed by atoms with van der Waals surface area (Å²) in [5.41, 5.74) is 1.09. The molecular formula is C14H16Br2O3. The summed E-state index contributed by atoms with van der Waals surface area (Å²) in [7, 11) is 0. The molecule has 1 rings (SSSR count). The lowest BCUT2D eigenvalue weighted by molar-refractivity contribution is -0.138. The maximum atomic E-state index is 10.9. The molecule has 0 aliphatic heterocycles. The minimum Gasteiger partial charge on any atom is -0.489 e. The van der Waals surface area contributed by atoms with Gasteiger partial charge in [-0.3, -0.25) is 0 Å². The van der Waals surface area contributed by atoms with Gasteiger partial charge in [-0.2, -0.15) is 0 Å². The number of hydrogen-bond donors (Lipinski definition) is 0. The molecule has 0 saturated carbocycles. The van der Waals surface area contributed by atoms with Gasteiger partial charge in [-0.25, -0.2) is 4.79 Å². The van der Waals surface area contributed by atoms with Crippen molar-refractivity contribution in [2.75, 3.05) is 13.2 Å². The fourth-order valence-electron chi connectivity index (χ4n) is 1.51. The molecular weight excluding hydrogens is 376 g/mol. The second kappa shape index (κ2) is 7.70. The second-order valence-corrected chi connectivity index (χ2v) is 5.95. The number of esters is 1. The van der Waals surface area contributed by atoms with Crippen molar-refractivity contribution in [1.82, 2.24) is 0 Å². The van der Waals surface area contributed by atoms with Gasteiger partial charge in [-0.05, 0) is 39.5 Å². The first kappa shape index (κ1) is 16.2. The van der Waals surface area contributed by atoms with Crippen molar-refractivity contribution in [1.29, 1.82) is 0 Å². The van der Waals surface area contributed by atoms with Crippen LogP contribution in [0.4, 0.5) is 0 Å². The maximum absolute atomic E-state index is 10.9. The van der Waals surface area contributed by atoms with Crippen molar-refractivity contribution in [2.24, 2.45) is 0 Å². The molecule has 0 aliphatic carbocycles. The van der Waals surface area contributed by atoms with Gasteiger partial charge in [0.15, 0.2) is 0 Å². The standard InChI is InChI=1S/C14H16Br2O3/c1-4-13(17)18-5-6-19-14-11(9(2)3)7-10(15)8-12(14)16/h4,7-9H,1,5-6H2,2-3H3. The van der Waals surface area contributed by atoms with Gasteiger partial charge in [-0.15, -0.1) is 0 Å². The normalized spacial score (nSPS) is 10.4. The summed E-state index contributed by atoms with van der Waals surface area (Å²) in [5, 5.41) is 0. The van der Waals surface area contributed by atoms with Gasteiger partial charge in [-0.1, -0.05) is 36.4 Å². The second-order valence-electron chi connectivity index (χ2n) is 4.18. The summed E-state index contributed by atoms with van der Waals surface area (Å²) in [5.74, 6) is 0.676. The van der Waals surface area contributed by atoms with Gasteiger partial charge < -0.3 is 9.47 Å². The van der Waals surface area contributed by atoms with Crippen LogP contribution < -0.4 is 4.74 Å². The first-order valence-corrected chi connectivity index (χ1v) is 7.45. The molecule has 0 unspecified atom stereocenters. The van der Waals surface area contributed by atoms with Crippen LogP contribution in [0.3, 0.4) is 0 Å². The van der Waals surface area contributed by atoms with Crippen LogP contribution in [0.1, 0.15) is 25.3 Å². The van der Waals surface area contributed by atoms with E-state index < -0.39 is 5.97 Å². The number of rotatable bonds is 6. The third-order valence-electron chi connectivity index (χ3n) is 2.40. The summed E-state index contributed by atoms with van der Waals surface area (Å²) in [4.78, 5) is 10.9. The Kier molecular flexibility index (Phi) is 6.58. The Hall–Kier alpha value is -0.810. The largest absolute Gasteiger partial charge is 0.489 e. The Balaban J connectivity index is 2.72. The zero-order chi connectivity index (χ0) is 14.4. The highest BCUT2D eigenvalue weighted by Gasteiger charge is 2.13. The molecule has 1 aromatic rings. The van der Waals surface area contributed by atoms with Crippen LogP contribution in [0.15, 0.2) is 33.7 Å². The first-order chi connectivity index (χ1) is 8.95. The van der Waals surface area contributed by atoms with E-state index in [1.54, 1.807) is 0 Å². The van der Waals surface area contributed by atoms with Gasteiger partial charge in [0.25, 0.3) is 0 Å². The average Bonchev–Trinajstić information content (AvgIpc) is 2.35. The van der Waals surface area contributed by atoms with E-state index in [0.29, 0.717) is 12.5 Å². The Morgan fingerprint density at radius 1 is 1.37 bits per heavy atom. The van der Waals surface area contributed by atoms with E-state index >= 15 is 0 Å². The van der Waals surface area contributed by atoms with Gasteiger partial charge in [0.05, 0.1) is 4.47 Å². The SMILES string of the molecule is C=CC(=O)OCCOc1c(Br)cc(Br)cc1C(C)C. The number of carbonyl (C=O) groups excluding carboxylic acids is 1. The molecule has 0 bridgehead atoms. The third-order valence-corrected chi connectivity index (χ3v) is 3.45. The fraction of sp³-hybridized carbons (Fsp3) is 0.357. The smallest absolute Gasteiger partial charge is 0.330 e. The van der Waals surface area contributed by atoms with Gasteiger partial charge in [0, 0.05) is 10.5 Å². The monoisotopic (exact) mass is 390 g/mol. The van der Waals surface area contributed by atoms with Crippen molar-refractivity contribution < 1.29 is 14.3 Å². The third kappa shape index (κ3) is 4.99. The molecule has 0 radical (unpaired) electrons. The molecule has 0 atom stereocenters. The van der Waals surface area contributed by atoms with E-state index in [2.05, 4.69) is 52.3 Å². The fourth-order valence-corrected chi connectivity index (χ4v) is 2.88. The van der Waals surface area contributed by atoms with E-state index in [1.165, 1.54) is 0 Å². The molecule has 0 saturated heterocycles. The Morgan fingerprint density at radius 3 is 2.63 bits per heavy atom. The Bertz CT molecular complexity index is 470. The lowest BCUT2D eigenvalue weighted by Gasteiger charge is -2.16. The van der Waals surface area contributed by atoms with Gasteiger partial charge >= 0.3 is 5.97 Å². The van der Waals surface area contributed by atoms with Crippen molar-refractivity contribution >= 4 is 37.8 Å². The minimum absolute atomic E-state index is 0.199. The summed E-state index contributed by atoms with van der Waals surface area (Å²) >= 11 is 6.94. The van der Waals surface area contributed by atoms with Crippen LogP contribution in [0.5, 0.6) is 5.75 Å². The molecule has 3 nitrogen and oxygen atoms in total. The van der Waals surface area contributed by atoms with E-state index in [4.69, 9.17) is 9.47 Å². The van der Waals surface area contributed by atoms with E-state index in [1.807, 2.05) is 12.1 Å². The molecule has 0 spiro atoms. The number of benzene rings is 1. The molecule has 0 fully saturated rings. The van der Waals surface area contributed by atoms with Crippen molar-refractivity contribution in [3.05, 3.63) is 39.3 Å². The highest BCUT2D eigenvalue weighted by Crippen LogP contribution is 2.36. The van der Waals surface area contributed by atoms with Gasteiger partial charge in [0.2, 0.25) is 0 Å². The zero-order valence-electron chi connectivity index (χ0n) is 10.9. The van der Waals surface area contributed by atoms with E-state index in [9.17, 15) is 4.79 Å². The molecule has 0 N–H and O–H groups in total. The van der Waals surface area contributed by atoms with Crippen LogP contribution in [-0.2, 0) is 9.53 Å². The minimum atomic E-state index is -0.442. The number of hydrogen-bond acceptors (Lipinski definition) is 3. The molecule has 0 aliphatic rings. The van der Waals surface area contributed by atoms with E-state index in [-0.39, 0.29) is 6.61 Å². The molecule has 0 aromatic heterocycles. The quantitative estimate of drug-likeness (QED) is 0.408. The van der Waals surface area contributed by atoms with E-state index in [0.717, 1.165) is 26.3 Å². The van der Waals surface area contributed by atoms with Crippen molar-refractivity contribution in [3.63, 3.8) is 0 Å². The number of carbonyl (C=O) groups is 1. The molecule has 19 heavy (non-hydrogen) atoms. The van der Waals surface area contributed by atoms with Crippen LogP contribution in [0.2, 0.25) is 0 Å². The Morgan fingerprint density at radius 2 is 2.05 bits per heavy atom. The number of halogens is 2. The predicted octanol–water partition coefficient (Wildman–Crippen LogP) is 4.44. The van der Waals surface area contributed by atoms with Crippen LogP contribution in [0, 0.1) is 0 Å². The predicted molar refractivity (Wildman–Crippen MR) is 82.6 cm³/mol. The summed E-state index contributed by atoms with van der Waals surface area (Å²) in [6.07, 6.45) is 1.13. The first-order valence-electron chi connectivity index (χ1n) is 5.86. The molecule has 0 amide bonds. The molecule has 104 valence electrons. The molecule has 0 heterocycles. The van der Waals surface area contributed by atoms with Crippen LogP contribution in [0.25, 0.3) is 0 Å². The van der Waals surface area contributed by atoms with Crippen LogP contribution >= 0.6 is 31.9 Å². The summed E-state index contributed by atoms with van der Waals surface area (Å²) in [6, 6.07) is 3.96. The molecule has 5 heteroatoms. The highest BCUT2D eigenvalue weighted by molar-refractivity contribution is 9.11. The summed E-state index contributed by atoms with van der Waals surface area (Å²) < 4.78 is 12.4.